The average Bonchev–Trinajstić information content (AvgIpc) is 2.52. The van der Waals surface area contributed by atoms with Crippen LogP contribution < -0.4 is 0 Å². The van der Waals surface area contributed by atoms with Crippen LogP contribution >= 0.6 is 0 Å². The van der Waals surface area contributed by atoms with Crippen LogP contribution in [0.25, 0.3) is 0 Å². The van der Waals surface area contributed by atoms with Gasteiger partial charge in [0.15, 0.2) is 0 Å². The van der Waals surface area contributed by atoms with E-state index in [0.29, 0.717) is 12.0 Å². The zero-order chi connectivity index (χ0) is 18.3. The van der Waals surface area contributed by atoms with Crippen LogP contribution in [0.4, 0.5) is 0 Å². The van der Waals surface area contributed by atoms with E-state index in [2.05, 4.69) is 13.5 Å². The molecule has 0 spiro atoms. The van der Waals surface area contributed by atoms with Crippen molar-refractivity contribution in [3.63, 3.8) is 0 Å². The van der Waals surface area contributed by atoms with Gasteiger partial charge >= 0.3 is 5.97 Å². The lowest BCUT2D eigenvalue weighted by Crippen LogP contribution is -2.26. The van der Waals surface area contributed by atoms with Crippen molar-refractivity contribution in [2.24, 2.45) is 0 Å². The first-order valence-electron chi connectivity index (χ1n) is 9.94. The number of unbranched alkanes of at least 4 members (excludes halogenated alkanes) is 10. The van der Waals surface area contributed by atoms with Crippen LogP contribution in [0, 0.1) is 0 Å². The molecule has 3 nitrogen and oxygen atoms in total. The Morgan fingerprint density at radius 2 is 1.38 bits per heavy atom. The highest BCUT2D eigenvalue weighted by Crippen LogP contribution is 2.20. The summed E-state index contributed by atoms with van der Waals surface area (Å²) in [4.78, 5) is 11.3. The molecule has 0 aliphatic rings. The quantitative estimate of drug-likeness (QED) is 0.215. The van der Waals surface area contributed by atoms with Crippen molar-refractivity contribution in [2.75, 3.05) is 6.61 Å². The lowest BCUT2D eigenvalue weighted by Gasteiger charge is -2.23. The van der Waals surface area contributed by atoms with Crippen LogP contribution in [0.1, 0.15) is 104 Å². The molecule has 0 aliphatic carbocycles. The van der Waals surface area contributed by atoms with Crippen LogP contribution in [-0.2, 0) is 9.53 Å². The molecular formula is C21H40O3. The number of carbonyl (C=O) groups excluding carboxylic acids is 1. The summed E-state index contributed by atoms with van der Waals surface area (Å²) < 4.78 is 5.05. The summed E-state index contributed by atoms with van der Waals surface area (Å²) in [5.74, 6) is -0.375. The zero-order valence-electron chi connectivity index (χ0n) is 16.4. The fraction of sp³-hybridized carbons (Fsp3) is 0.857. The minimum Gasteiger partial charge on any atom is -0.462 e. The third-order valence-electron chi connectivity index (χ3n) is 4.54. The number of carbonyl (C=O) groups is 1. The van der Waals surface area contributed by atoms with Gasteiger partial charge in [-0.2, -0.15) is 0 Å². The molecular weight excluding hydrogens is 300 g/mol. The summed E-state index contributed by atoms with van der Waals surface area (Å²) in [7, 11) is 0. The van der Waals surface area contributed by atoms with Crippen LogP contribution in [-0.4, -0.2) is 23.3 Å². The summed E-state index contributed by atoms with van der Waals surface area (Å²) >= 11 is 0. The molecule has 1 unspecified atom stereocenters. The first kappa shape index (κ1) is 23.2. The van der Waals surface area contributed by atoms with Gasteiger partial charge in [-0.3, -0.25) is 0 Å². The highest BCUT2D eigenvalue weighted by molar-refractivity contribution is 5.86. The zero-order valence-corrected chi connectivity index (χ0v) is 16.4. The molecule has 0 aromatic heterocycles. The average molecular weight is 341 g/mol. The molecule has 142 valence electrons. The lowest BCUT2D eigenvalue weighted by atomic mass is 9.94. The predicted molar refractivity (Wildman–Crippen MR) is 102 cm³/mol. The van der Waals surface area contributed by atoms with Gasteiger partial charge in [0, 0.05) is 12.0 Å². The second-order valence-electron chi connectivity index (χ2n) is 7.45. The van der Waals surface area contributed by atoms with Crippen molar-refractivity contribution < 1.29 is 14.6 Å². The summed E-state index contributed by atoms with van der Waals surface area (Å²) in [5.41, 5.74) is -0.339. The monoisotopic (exact) mass is 340 g/mol. The van der Waals surface area contributed by atoms with E-state index in [1.807, 2.05) is 6.92 Å². The van der Waals surface area contributed by atoms with Gasteiger partial charge < -0.3 is 9.84 Å². The van der Waals surface area contributed by atoms with Crippen LogP contribution in [0.15, 0.2) is 12.2 Å². The van der Waals surface area contributed by atoms with Gasteiger partial charge in [-0.25, -0.2) is 4.79 Å². The van der Waals surface area contributed by atoms with Gasteiger partial charge in [-0.05, 0) is 20.3 Å². The number of ether oxygens (including phenoxy) is 1. The van der Waals surface area contributed by atoms with Crippen LogP contribution in [0.3, 0.4) is 0 Å². The number of aliphatic hydroxyl groups is 1. The predicted octanol–water partition coefficient (Wildman–Crippen LogP) is 5.95. The third kappa shape index (κ3) is 14.7. The molecule has 0 aromatic rings. The second-order valence-corrected chi connectivity index (χ2v) is 7.45. The molecule has 0 heterocycles. The first-order chi connectivity index (χ1) is 11.4. The van der Waals surface area contributed by atoms with Crippen molar-refractivity contribution in [3.8, 4) is 0 Å². The first-order valence-corrected chi connectivity index (χ1v) is 9.94. The molecule has 0 amide bonds. The second kappa shape index (κ2) is 14.5. The van der Waals surface area contributed by atoms with Gasteiger partial charge in [-0.1, -0.05) is 84.1 Å². The molecule has 0 rings (SSSR count). The summed E-state index contributed by atoms with van der Waals surface area (Å²) in [6.07, 6.45) is 15.6. The van der Waals surface area contributed by atoms with Gasteiger partial charge in [0.1, 0.15) is 0 Å². The molecule has 24 heavy (non-hydrogen) atoms. The Bertz CT molecular complexity index is 334. The molecule has 0 aromatic carbocycles. The highest BCUT2D eigenvalue weighted by Gasteiger charge is 2.20. The van der Waals surface area contributed by atoms with E-state index >= 15 is 0 Å². The van der Waals surface area contributed by atoms with Gasteiger partial charge in [0.05, 0.1) is 12.2 Å². The van der Waals surface area contributed by atoms with Crippen molar-refractivity contribution in [1.29, 1.82) is 0 Å². The molecule has 1 atom stereocenters. The fourth-order valence-corrected chi connectivity index (χ4v) is 2.78. The fourth-order valence-electron chi connectivity index (χ4n) is 2.78. The largest absolute Gasteiger partial charge is 0.462 e. The Hall–Kier alpha value is -0.830. The van der Waals surface area contributed by atoms with Crippen LogP contribution in [0.2, 0.25) is 0 Å². The van der Waals surface area contributed by atoms with Crippen molar-refractivity contribution in [2.45, 2.75) is 110 Å². The Kier molecular flexibility index (Phi) is 14.0. The Morgan fingerprint density at radius 3 is 1.83 bits per heavy atom. The van der Waals surface area contributed by atoms with E-state index in [9.17, 15) is 9.90 Å². The van der Waals surface area contributed by atoms with Crippen molar-refractivity contribution >= 4 is 5.97 Å². The Morgan fingerprint density at radius 1 is 0.917 bits per heavy atom. The standard InChI is InChI=1S/C21H40O3/c1-5-6-7-8-9-10-11-12-13-14-15-16-21(4,23)17-18-24-20(22)19(2)3/h23H,2,5-18H2,1,3-4H3. The van der Waals surface area contributed by atoms with E-state index < -0.39 is 5.60 Å². The number of hydrogen-bond acceptors (Lipinski definition) is 3. The Balaban J connectivity index is 3.45. The van der Waals surface area contributed by atoms with Crippen molar-refractivity contribution in [1.82, 2.24) is 0 Å². The lowest BCUT2D eigenvalue weighted by molar-refractivity contribution is -0.140. The molecule has 0 bridgehead atoms. The molecule has 0 fully saturated rings. The summed E-state index contributed by atoms with van der Waals surface area (Å²) in [6.45, 7) is 9.52. The van der Waals surface area contributed by atoms with Gasteiger partial charge in [-0.15, -0.1) is 0 Å². The van der Waals surface area contributed by atoms with E-state index in [4.69, 9.17) is 4.74 Å². The van der Waals surface area contributed by atoms with Crippen LogP contribution in [0.5, 0.6) is 0 Å². The molecule has 0 aliphatic heterocycles. The maximum atomic E-state index is 11.3. The van der Waals surface area contributed by atoms with Gasteiger partial charge in [0.2, 0.25) is 0 Å². The topological polar surface area (TPSA) is 46.5 Å². The molecule has 0 saturated heterocycles. The summed E-state index contributed by atoms with van der Waals surface area (Å²) in [5, 5.41) is 10.3. The normalized spacial score (nSPS) is 13.5. The molecule has 3 heteroatoms. The van der Waals surface area contributed by atoms with Gasteiger partial charge in [0.25, 0.3) is 0 Å². The molecule has 0 saturated carbocycles. The number of esters is 1. The number of rotatable bonds is 16. The smallest absolute Gasteiger partial charge is 0.333 e. The third-order valence-corrected chi connectivity index (χ3v) is 4.54. The van der Waals surface area contributed by atoms with E-state index in [0.717, 1.165) is 12.8 Å². The molecule has 0 radical (unpaired) electrons. The van der Waals surface area contributed by atoms with E-state index in [1.165, 1.54) is 64.2 Å². The SMILES string of the molecule is C=C(C)C(=O)OCCC(C)(O)CCCCCCCCCCCCC. The highest BCUT2D eigenvalue weighted by atomic mass is 16.5. The minimum atomic E-state index is -0.741. The summed E-state index contributed by atoms with van der Waals surface area (Å²) in [6, 6.07) is 0. The maximum absolute atomic E-state index is 11.3. The minimum absolute atomic E-state index is 0.261. The van der Waals surface area contributed by atoms with E-state index in [1.54, 1.807) is 6.92 Å². The number of hydrogen-bond donors (Lipinski definition) is 1. The van der Waals surface area contributed by atoms with E-state index in [-0.39, 0.29) is 12.6 Å². The Labute approximate surface area is 149 Å². The van der Waals surface area contributed by atoms with Crippen molar-refractivity contribution in [3.05, 3.63) is 12.2 Å². The molecule has 1 N–H and O–H groups in total. The maximum Gasteiger partial charge on any atom is 0.333 e.